The summed E-state index contributed by atoms with van der Waals surface area (Å²) in [6.07, 6.45) is 1.30. The van der Waals surface area contributed by atoms with Crippen LogP contribution in [0.1, 0.15) is 27.8 Å². The minimum absolute atomic E-state index is 0.0888. The average molecular weight is 356 g/mol. The van der Waals surface area contributed by atoms with Crippen LogP contribution < -0.4 is 19.5 Å². The summed E-state index contributed by atoms with van der Waals surface area (Å²) in [4.78, 5) is 16.2. The Balaban J connectivity index is 1.31. The topological polar surface area (TPSA) is 112 Å². The zero-order chi connectivity index (χ0) is 17.9. The van der Waals surface area contributed by atoms with E-state index >= 15 is 0 Å². The molecule has 9 heteroatoms. The second kappa shape index (κ2) is 6.79. The van der Waals surface area contributed by atoms with Crippen LogP contribution in [0.5, 0.6) is 17.2 Å². The Bertz CT molecular complexity index is 933. The summed E-state index contributed by atoms with van der Waals surface area (Å²) in [6, 6.07) is 7.11. The molecule has 1 aliphatic heterocycles. The molecular weight excluding hydrogens is 340 g/mol. The third-order valence-corrected chi connectivity index (χ3v) is 3.68. The van der Waals surface area contributed by atoms with Crippen molar-refractivity contribution in [2.24, 2.45) is 0 Å². The van der Waals surface area contributed by atoms with Crippen LogP contribution in [0.4, 0.5) is 0 Å². The second-order valence-electron chi connectivity index (χ2n) is 5.66. The largest absolute Gasteiger partial charge is 0.484 e. The number of aryl methyl sites for hydroxylation is 1. The molecule has 1 amide bonds. The van der Waals surface area contributed by atoms with Crippen molar-refractivity contribution in [3.63, 3.8) is 0 Å². The zero-order valence-corrected chi connectivity index (χ0v) is 13.9. The molecule has 1 aliphatic rings. The molecule has 0 spiro atoms. The summed E-state index contributed by atoms with van der Waals surface area (Å²) < 4.78 is 21.4. The van der Waals surface area contributed by atoms with E-state index in [9.17, 15) is 4.79 Å². The number of benzene rings is 1. The summed E-state index contributed by atoms with van der Waals surface area (Å²) in [7, 11) is 0. The molecule has 0 atom stereocenters. The predicted octanol–water partition coefficient (Wildman–Crippen LogP) is 1.94. The number of aromatic amines is 1. The average Bonchev–Trinajstić information content (AvgIpc) is 3.38. The smallest absolute Gasteiger partial charge is 0.273 e. The predicted molar refractivity (Wildman–Crippen MR) is 87.9 cm³/mol. The molecule has 26 heavy (non-hydrogen) atoms. The Hall–Kier alpha value is -3.49. The van der Waals surface area contributed by atoms with E-state index in [0.29, 0.717) is 29.7 Å². The van der Waals surface area contributed by atoms with E-state index in [1.54, 1.807) is 18.2 Å². The molecule has 2 N–H and O–H groups in total. The lowest BCUT2D eigenvalue weighted by molar-refractivity contribution is 0.0945. The SMILES string of the molecule is Cc1cc(CNC(=O)c2coc(COc3ccc4c(c3)OCO4)n2)n[nH]1. The fourth-order valence-electron chi connectivity index (χ4n) is 2.42. The number of hydrogen-bond donors (Lipinski definition) is 2. The van der Waals surface area contributed by atoms with Crippen LogP contribution in [0.2, 0.25) is 0 Å². The van der Waals surface area contributed by atoms with E-state index in [1.807, 2.05) is 13.0 Å². The number of carbonyl (C=O) groups excluding carboxylic acids is 1. The number of fused-ring (bicyclic) bond motifs is 1. The van der Waals surface area contributed by atoms with Gasteiger partial charge in [-0.15, -0.1) is 0 Å². The lowest BCUT2D eigenvalue weighted by atomic mass is 10.3. The molecule has 134 valence electrons. The minimum atomic E-state index is -0.344. The van der Waals surface area contributed by atoms with E-state index in [1.165, 1.54) is 6.26 Å². The van der Waals surface area contributed by atoms with Gasteiger partial charge in [0.15, 0.2) is 23.8 Å². The molecule has 2 aromatic heterocycles. The summed E-state index contributed by atoms with van der Waals surface area (Å²) in [5, 5.41) is 9.60. The molecule has 4 rings (SSSR count). The molecule has 3 heterocycles. The first-order valence-corrected chi connectivity index (χ1v) is 7.93. The molecule has 3 aromatic rings. The van der Waals surface area contributed by atoms with Crippen LogP contribution in [-0.2, 0) is 13.2 Å². The van der Waals surface area contributed by atoms with Crippen LogP contribution in [0.25, 0.3) is 0 Å². The quantitative estimate of drug-likeness (QED) is 0.694. The minimum Gasteiger partial charge on any atom is -0.484 e. The van der Waals surface area contributed by atoms with Crippen molar-refractivity contribution < 1.29 is 23.4 Å². The highest BCUT2D eigenvalue weighted by Crippen LogP contribution is 2.35. The number of rotatable bonds is 6. The maximum Gasteiger partial charge on any atom is 0.273 e. The number of H-pyrrole nitrogens is 1. The fraction of sp³-hybridized carbons (Fsp3) is 0.235. The molecule has 0 aliphatic carbocycles. The van der Waals surface area contributed by atoms with Gasteiger partial charge in [-0.25, -0.2) is 4.98 Å². The molecule has 1 aromatic carbocycles. The standard InChI is InChI=1S/C17H16N4O5/c1-10-4-11(21-20-10)6-18-17(22)13-7-24-16(19-13)8-23-12-2-3-14-15(5-12)26-9-25-14/h2-5,7H,6,8-9H2,1H3,(H,18,22)(H,20,21). The van der Waals surface area contributed by atoms with Gasteiger partial charge in [0.25, 0.3) is 5.91 Å². The number of aromatic nitrogens is 3. The maximum atomic E-state index is 12.1. The Morgan fingerprint density at radius 1 is 1.31 bits per heavy atom. The molecule has 0 fully saturated rings. The number of ether oxygens (including phenoxy) is 3. The molecule has 0 bridgehead atoms. The molecule has 0 radical (unpaired) electrons. The molecule has 9 nitrogen and oxygen atoms in total. The van der Waals surface area contributed by atoms with E-state index in [0.717, 1.165) is 11.4 Å². The van der Waals surface area contributed by atoms with Crippen molar-refractivity contribution in [3.05, 3.63) is 53.5 Å². The Morgan fingerprint density at radius 2 is 2.19 bits per heavy atom. The van der Waals surface area contributed by atoms with Gasteiger partial charge in [-0.2, -0.15) is 5.10 Å². The van der Waals surface area contributed by atoms with E-state index < -0.39 is 0 Å². The second-order valence-corrected chi connectivity index (χ2v) is 5.66. The van der Waals surface area contributed by atoms with Crippen LogP contribution >= 0.6 is 0 Å². The Kier molecular flexibility index (Phi) is 4.18. The first kappa shape index (κ1) is 16.0. The summed E-state index contributed by atoms with van der Waals surface area (Å²) in [5.41, 5.74) is 1.85. The first-order chi connectivity index (χ1) is 12.7. The Morgan fingerprint density at radius 3 is 3.04 bits per heavy atom. The number of nitrogens with one attached hydrogen (secondary N) is 2. The van der Waals surface area contributed by atoms with Crippen molar-refractivity contribution in [1.29, 1.82) is 0 Å². The highest BCUT2D eigenvalue weighted by Gasteiger charge is 2.15. The van der Waals surface area contributed by atoms with Gasteiger partial charge >= 0.3 is 0 Å². The van der Waals surface area contributed by atoms with E-state index in [2.05, 4.69) is 20.5 Å². The third-order valence-electron chi connectivity index (χ3n) is 3.68. The maximum absolute atomic E-state index is 12.1. The van der Waals surface area contributed by atoms with Crippen molar-refractivity contribution in [1.82, 2.24) is 20.5 Å². The van der Waals surface area contributed by atoms with Gasteiger partial charge in [-0.3, -0.25) is 9.89 Å². The number of amides is 1. The number of hydrogen-bond acceptors (Lipinski definition) is 7. The summed E-state index contributed by atoms with van der Waals surface area (Å²) in [6.45, 7) is 2.49. The Labute approximate surface area is 148 Å². The van der Waals surface area contributed by atoms with E-state index in [4.69, 9.17) is 18.6 Å². The van der Waals surface area contributed by atoms with Crippen LogP contribution in [-0.4, -0.2) is 27.9 Å². The third kappa shape index (κ3) is 3.46. The van der Waals surface area contributed by atoms with Gasteiger partial charge in [0.2, 0.25) is 12.7 Å². The zero-order valence-electron chi connectivity index (χ0n) is 13.9. The van der Waals surface area contributed by atoms with Gasteiger partial charge in [0.1, 0.15) is 12.0 Å². The number of oxazole rings is 1. The van der Waals surface area contributed by atoms with Crippen LogP contribution in [0, 0.1) is 6.92 Å². The summed E-state index contributed by atoms with van der Waals surface area (Å²) in [5.74, 6) is 1.85. The van der Waals surface area contributed by atoms with Gasteiger partial charge in [0.05, 0.1) is 12.2 Å². The first-order valence-electron chi connectivity index (χ1n) is 7.93. The van der Waals surface area contributed by atoms with Gasteiger partial charge in [-0.1, -0.05) is 0 Å². The summed E-state index contributed by atoms with van der Waals surface area (Å²) >= 11 is 0. The lowest BCUT2D eigenvalue weighted by Gasteiger charge is -2.04. The molecule has 0 saturated carbocycles. The lowest BCUT2D eigenvalue weighted by Crippen LogP contribution is -2.23. The van der Waals surface area contributed by atoms with Crippen molar-refractivity contribution in [3.8, 4) is 17.2 Å². The highest BCUT2D eigenvalue weighted by molar-refractivity contribution is 5.91. The van der Waals surface area contributed by atoms with Crippen molar-refractivity contribution >= 4 is 5.91 Å². The normalized spacial score (nSPS) is 12.2. The van der Waals surface area contributed by atoms with Crippen molar-refractivity contribution in [2.75, 3.05) is 6.79 Å². The highest BCUT2D eigenvalue weighted by atomic mass is 16.7. The van der Waals surface area contributed by atoms with Crippen molar-refractivity contribution in [2.45, 2.75) is 20.1 Å². The van der Waals surface area contributed by atoms with Gasteiger partial charge in [0, 0.05) is 11.8 Å². The van der Waals surface area contributed by atoms with Gasteiger partial charge in [-0.05, 0) is 25.1 Å². The van der Waals surface area contributed by atoms with Crippen LogP contribution in [0.3, 0.4) is 0 Å². The van der Waals surface area contributed by atoms with E-state index in [-0.39, 0.29) is 25.0 Å². The number of nitrogens with zero attached hydrogens (tertiary/aromatic N) is 2. The van der Waals surface area contributed by atoms with Crippen LogP contribution in [0.15, 0.2) is 34.9 Å². The number of carbonyl (C=O) groups is 1. The molecule has 0 unspecified atom stereocenters. The monoisotopic (exact) mass is 356 g/mol. The van der Waals surface area contributed by atoms with Gasteiger partial charge < -0.3 is 23.9 Å². The molecular formula is C17H16N4O5. The fourth-order valence-corrected chi connectivity index (χ4v) is 2.42. The molecule has 0 saturated heterocycles.